The Kier molecular flexibility index (Phi) is 5.50. The molecule has 1 aliphatic rings. The molecule has 0 radical (unpaired) electrons. The minimum absolute atomic E-state index is 0. The molecule has 3 N–H and O–H groups in total. The van der Waals surface area contributed by atoms with Crippen LogP contribution in [0.1, 0.15) is 36.3 Å². The third-order valence-electron chi connectivity index (χ3n) is 4.06. The molecule has 1 fully saturated rings. The number of carbonyl (C=O) groups is 1. The maximum Gasteiger partial charge on any atom is 0.251 e. The largest absolute Gasteiger partial charge is 0.381 e. The van der Waals surface area contributed by atoms with Crippen LogP contribution in [0.4, 0.5) is 0 Å². The van der Waals surface area contributed by atoms with Crippen molar-refractivity contribution in [3.8, 4) is 0 Å². The van der Waals surface area contributed by atoms with Crippen molar-refractivity contribution in [2.45, 2.75) is 39.0 Å². The Bertz CT molecular complexity index is 479. The number of halogens is 1. The Balaban J connectivity index is 0.00000200. The van der Waals surface area contributed by atoms with Crippen LogP contribution in [0.15, 0.2) is 18.3 Å². The summed E-state index contributed by atoms with van der Waals surface area (Å²) < 4.78 is 5.38. The molecule has 1 heterocycles. The first-order valence-electron chi connectivity index (χ1n) is 6.47. The lowest BCUT2D eigenvalue weighted by atomic mass is 9.64. The van der Waals surface area contributed by atoms with E-state index in [4.69, 9.17) is 10.5 Å². The number of amides is 1. The standard InChI is InChI=1S/C14H21N3O2.ClH/c1-14(2)11(7-12(14)19-3)17-13(18)9-4-5-16-10(6-9)8-15;/h4-6,11-12H,7-8,15H2,1-3H3,(H,17,18);1H. The second-order valence-corrected chi connectivity index (χ2v) is 5.55. The highest BCUT2D eigenvalue weighted by molar-refractivity contribution is 5.94. The highest BCUT2D eigenvalue weighted by atomic mass is 35.5. The van der Waals surface area contributed by atoms with Gasteiger partial charge in [-0.15, -0.1) is 12.4 Å². The second-order valence-electron chi connectivity index (χ2n) is 5.55. The summed E-state index contributed by atoms with van der Waals surface area (Å²) in [6.45, 7) is 4.54. The monoisotopic (exact) mass is 299 g/mol. The zero-order valence-corrected chi connectivity index (χ0v) is 12.9. The van der Waals surface area contributed by atoms with Crippen LogP contribution in [0.5, 0.6) is 0 Å². The summed E-state index contributed by atoms with van der Waals surface area (Å²) in [6.07, 6.45) is 2.67. The van der Waals surface area contributed by atoms with Gasteiger partial charge in [0, 0.05) is 36.9 Å². The van der Waals surface area contributed by atoms with Crippen molar-refractivity contribution in [2.24, 2.45) is 11.1 Å². The lowest BCUT2D eigenvalue weighted by molar-refractivity contribution is -0.0942. The maximum absolute atomic E-state index is 12.2. The average molecular weight is 300 g/mol. The zero-order valence-electron chi connectivity index (χ0n) is 12.1. The van der Waals surface area contributed by atoms with Gasteiger partial charge in [-0.2, -0.15) is 0 Å². The van der Waals surface area contributed by atoms with Crippen LogP contribution in [0.25, 0.3) is 0 Å². The van der Waals surface area contributed by atoms with E-state index in [1.807, 2.05) is 0 Å². The molecule has 1 amide bonds. The molecular weight excluding hydrogens is 278 g/mol. The summed E-state index contributed by atoms with van der Waals surface area (Å²) in [4.78, 5) is 16.3. The molecule has 0 bridgehead atoms. The zero-order chi connectivity index (χ0) is 14.0. The van der Waals surface area contributed by atoms with Crippen molar-refractivity contribution >= 4 is 18.3 Å². The first-order valence-corrected chi connectivity index (χ1v) is 6.47. The van der Waals surface area contributed by atoms with Crippen molar-refractivity contribution < 1.29 is 9.53 Å². The Morgan fingerprint density at radius 1 is 1.60 bits per heavy atom. The maximum atomic E-state index is 12.2. The van der Waals surface area contributed by atoms with Gasteiger partial charge in [0.25, 0.3) is 5.91 Å². The molecule has 1 saturated carbocycles. The Labute approximate surface area is 125 Å². The number of methoxy groups -OCH3 is 1. The lowest BCUT2D eigenvalue weighted by Crippen LogP contribution is -2.61. The van der Waals surface area contributed by atoms with E-state index in [1.54, 1.807) is 25.4 Å². The number of nitrogens with two attached hydrogens (primary N) is 1. The van der Waals surface area contributed by atoms with Gasteiger partial charge in [-0.3, -0.25) is 9.78 Å². The molecule has 0 spiro atoms. The fraction of sp³-hybridized carbons (Fsp3) is 0.571. The molecule has 0 saturated heterocycles. The van der Waals surface area contributed by atoms with Crippen LogP contribution in [0, 0.1) is 5.41 Å². The summed E-state index contributed by atoms with van der Waals surface area (Å²) in [5.41, 5.74) is 6.81. The van der Waals surface area contributed by atoms with E-state index in [9.17, 15) is 4.79 Å². The van der Waals surface area contributed by atoms with Crippen LogP contribution in [0.2, 0.25) is 0 Å². The molecule has 6 heteroatoms. The Morgan fingerprint density at radius 3 is 2.85 bits per heavy atom. The van der Waals surface area contributed by atoms with Crippen LogP contribution < -0.4 is 11.1 Å². The SMILES string of the molecule is COC1CC(NC(=O)c2ccnc(CN)c2)C1(C)C.Cl. The van der Waals surface area contributed by atoms with Crippen molar-refractivity contribution in [3.05, 3.63) is 29.6 Å². The average Bonchev–Trinajstić information content (AvgIpc) is 2.42. The van der Waals surface area contributed by atoms with Crippen molar-refractivity contribution in [2.75, 3.05) is 7.11 Å². The van der Waals surface area contributed by atoms with Crippen LogP contribution in [-0.2, 0) is 11.3 Å². The van der Waals surface area contributed by atoms with Gasteiger partial charge in [-0.1, -0.05) is 13.8 Å². The molecule has 0 aromatic carbocycles. The van der Waals surface area contributed by atoms with Crippen molar-refractivity contribution in [3.63, 3.8) is 0 Å². The van der Waals surface area contributed by atoms with E-state index in [1.165, 1.54) is 0 Å². The van der Waals surface area contributed by atoms with E-state index in [2.05, 4.69) is 24.1 Å². The number of aromatic nitrogens is 1. The highest BCUT2D eigenvalue weighted by Crippen LogP contribution is 2.42. The Morgan fingerprint density at radius 2 is 2.30 bits per heavy atom. The van der Waals surface area contributed by atoms with E-state index in [0.717, 1.165) is 12.1 Å². The number of nitrogens with zero attached hydrogens (tertiary/aromatic N) is 1. The molecule has 0 aliphatic heterocycles. The molecule has 2 atom stereocenters. The number of pyridine rings is 1. The van der Waals surface area contributed by atoms with Crippen molar-refractivity contribution in [1.82, 2.24) is 10.3 Å². The molecule has 20 heavy (non-hydrogen) atoms. The van der Waals surface area contributed by atoms with Crippen molar-refractivity contribution in [1.29, 1.82) is 0 Å². The summed E-state index contributed by atoms with van der Waals surface area (Å²) in [5.74, 6) is -0.0790. The van der Waals surface area contributed by atoms with Gasteiger partial charge >= 0.3 is 0 Å². The minimum Gasteiger partial charge on any atom is -0.381 e. The van der Waals surface area contributed by atoms with E-state index < -0.39 is 0 Å². The van der Waals surface area contributed by atoms with E-state index in [0.29, 0.717) is 12.1 Å². The number of hydrogen-bond donors (Lipinski definition) is 2. The number of ether oxygens (including phenoxy) is 1. The number of rotatable bonds is 4. The fourth-order valence-electron chi connectivity index (χ4n) is 2.50. The molecule has 1 aromatic rings. The third kappa shape index (κ3) is 3.11. The third-order valence-corrected chi connectivity index (χ3v) is 4.06. The smallest absolute Gasteiger partial charge is 0.251 e. The molecule has 2 rings (SSSR count). The summed E-state index contributed by atoms with van der Waals surface area (Å²) in [6, 6.07) is 3.57. The topological polar surface area (TPSA) is 77.2 Å². The quantitative estimate of drug-likeness (QED) is 0.883. The molecule has 1 aliphatic carbocycles. The Hall–Kier alpha value is -1.17. The number of hydrogen-bond acceptors (Lipinski definition) is 4. The molecule has 2 unspecified atom stereocenters. The van der Waals surface area contributed by atoms with Gasteiger partial charge in [-0.25, -0.2) is 0 Å². The fourth-order valence-corrected chi connectivity index (χ4v) is 2.50. The normalized spacial score (nSPS) is 23.4. The van der Waals surface area contributed by atoms with E-state index >= 15 is 0 Å². The van der Waals surface area contributed by atoms with Gasteiger partial charge in [0.1, 0.15) is 0 Å². The summed E-state index contributed by atoms with van der Waals surface area (Å²) >= 11 is 0. The molecule has 112 valence electrons. The molecular formula is C14H22ClN3O2. The van der Waals surface area contributed by atoms with Gasteiger partial charge in [0.05, 0.1) is 11.8 Å². The van der Waals surface area contributed by atoms with Crippen LogP contribution in [-0.4, -0.2) is 30.1 Å². The van der Waals surface area contributed by atoms with Gasteiger partial charge in [0.15, 0.2) is 0 Å². The van der Waals surface area contributed by atoms with Gasteiger partial charge < -0.3 is 15.8 Å². The lowest BCUT2D eigenvalue weighted by Gasteiger charge is -2.51. The first kappa shape index (κ1) is 16.9. The van der Waals surface area contributed by atoms with Crippen LogP contribution in [0.3, 0.4) is 0 Å². The highest BCUT2D eigenvalue weighted by Gasteiger charge is 2.49. The summed E-state index contributed by atoms with van der Waals surface area (Å²) in [7, 11) is 1.71. The molecule has 1 aromatic heterocycles. The predicted octanol–water partition coefficient (Wildman–Crippen LogP) is 1.51. The number of nitrogens with one attached hydrogen (secondary N) is 1. The molecule has 5 nitrogen and oxygen atoms in total. The predicted molar refractivity (Wildman–Crippen MR) is 79.8 cm³/mol. The number of carbonyl (C=O) groups excluding carboxylic acids is 1. The first-order chi connectivity index (χ1) is 8.98. The van der Waals surface area contributed by atoms with Crippen LogP contribution >= 0.6 is 12.4 Å². The van der Waals surface area contributed by atoms with Gasteiger partial charge in [0.2, 0.25) is 0 Å². The van der Waals surface area contributed by atoms with Gasteiger partial charge in [-0.05, 0) is 18.6 Å². The van der Waals surface area contributed by atoms with E-state index in [-0.39, 0.29) is 35.9 Å². The minimum atomic E-state index is -0.0790. The second kappa shape index (κ2) is 6.52. The summed E-state index contributed by atoms with van der Waals surface area (Å²) in [5, 5.41) is 3.05.